The molecule has 0 aromatic heterocycles. The fourth-order valence-corrected chi connectivity index (χ4v) is 2.54. The third kappa shape index (κ3) is 3.39. The molecule has 0 saturated heterocycles. The number of hydrogen-bond donors (Lipinski definition) is 2. The summed E-state index contributed by atoms with van der Waals surface area (Å²) in [5.41, 5.74) is 0.435. The monoisotopic (exact) mass is 283 g/mol. The third-order valence-electron chi connectivity index (χ3n) is 3.45. The number of methoxy groups -OCH3 is 1. The van der Waals surface area contributed by atoms with Crippen LogP contribution in [0.4, 0.5) is 0 Å². The van der Waals surface area contributed by atoms with Gasteiger partial charge in [-0.2, -0.15) is 0 Å². The zero-order valence-corrected chi connectivity index (χ0v) is 11.6. The van der Waals surface area contributed by atoms with Crippen molar-refractivity contribution in [3.8, 4) is 5.75 Å². The summed E-state index contributed by atoms with van der Waals surface area (Å²) in [5, 5.41) is 13.3. The Labute approximate surface area is 117 Å². The first-order chi connectivity index (χ1) is 9.11. The number of nitrogens with one attached hydrogen (secondary N) is 1. The van der Waals surface area contributed by atoms with Crippen LogP contribution in [0.1, 0.15) is 36.0 Å². The van der Waals surface area contributed by atoms with Gasteiger partial charge in [-0.05, 0) is 31.0 Å². The van der Waals surface area contributed by atoms with E-state index in [1.54, 1.807) is 18.2 Å². The summed E-state index contributed by atoms with van der Waals surface area (Å²) in [6.45, 7) is 0. The number of ether oxygens (including phenoxy) is 1. The first-order valence-corrected chi connectivity index (χ1v) is 6.82. The van der Waals surface area contributed by atoms with Crippen LogP contribution in [0.15, 0.2) is 18.2 Å². The molecule has 1 aromatic rings. The molecule has 1 amide bonds. The van der Waals surface area contributed by atoms with Gasteiger partial charge in [0, 0.05) is 5.02 Å². The number of carbonyl (C=O) groups is 1. The highest BCUT2D eigenvalue weighted by atomic mass is 35.5. The molecule has 0 unspecified atom stereocenters. The van der Waals surface area contributed by atoms with E-state index in [4.69, 9.17) is 16.3 Å². The van der Waals surface area contributed by atoms with Crippen LogP contribution in [0.25, 0.3) is 0 Å². The highest BCUT2D eigenvalue weighted by Crippen LogP contribution is 2.24. The molecule has 0 bridgehead atoms. The minimum Gasteiger partial charge on any atom is -0.496 e. The van der Waals surface area contributed by atoms with Crippen molar-refractivity contribution in [2.45, 2.75) is 37.8 Å². The molecule has 19 heavy (non-hydrogen) atoms. The van der Waals surface area contributed by atoms with Crippen molar-refractivity contribution in [1.82, 2.24) is 5.32 Å². The highest BCUT2D eigenvalue weighted by Gasteiger charge is 2.25. The fraction of sp³-hybridized carbons (Fsp3) is 0.500. The lowest BCUT2D eigenvalue weighted by atomic mass is 9.92. The van der Waals surface area contributed by atoms with E-state index in [0.29, 0.717) is 16.3 Å². The number of aliphatic hydroxyl groups excluding tert-OH is 1. The quantitative estimate of drug-likeness (QED) is 0.895. The number of amides is 1. The Morgan fingerprint density at radius 3 is 2.84 bits per heavy atom. The average molecular weight is 284 g/mol. The molecule has 0 spiro atoms. The second kappa shape index (κ2) is 6.26. The minimum absolute atomic E-state index is 0.179. The Balaban J connectivity index is 2.11. The summed E-state index contributed by atoms with van der Waals surface area (Å²) in [6.07, 6.45) is 3.12. The van der Waals surface area contributed by atoms with E-state index in [-0.39, 0.29) is 11.9 Å². The molecule has 1 aromatic carbocycles. The molecule has 2 atom stereocenters. The second-order valence-corrected chi connectivity index (χ2v) is 5.21. The zero-order valence-electron chi connectivity index (χ0n) is 10.9. The summed E-state index contributed by atoms with van der Waals surface area (Å²) in [6, 6.07) is 4.71. The van der Waals surface area contributed by atoms with Crippen LogP contribution >= 0.6 is 11.6 Å². The van der Waals surface area contributed by atoms with Gasteiger partial charge in [-0.1, -0.05) is 24.4 Å². The van der Waals surface area contributed by atoms with Crippen molar-refractivity contribution in [1.29, 1.82) is 0 Å². The number of benzene rings is 1. The minimum atomic E-state index is -0.462. The molecule has 2 N–H and O–H groups in total. The molecular weight excluding hydrogens is 266 g/mol. The number of hydrogen-bond acceptors (Lipinski definition) is 3. The topological polar surface area (TPSA) is 58.6 Å². The lowest BCUT2D eigenvalue weighted by Gasteiger charge is -2.28. The molecule has 0 aliphatic heterocycles. The molecule has 4 nitrogen and oxygen atoms in total. The van der Waals surface area contributed by atoms with E-state index < -0.39 is 6.10 Å². The van der Waals surface area contributed by atoms with Gasteiger partial charge >= 0.3 is 0 Å². The van der Waals surface area contributed by atoms with E-state index >= 15 is 0 Å². The van der Waals surface area contributed by atoms with Gasteiger partial charge in [0.1, 0.15) is 5.75 Å². The van der Waals surface area contributed by atoms with E-state index in [1.807, 2.05) is 0 Å². The lowest BCUT2D eigenvalue weighted by molar-refractivity contribution is 0.0715. The van der Waals surface area contributed by atoms with Gasteiger partial charge in [-0.25, -0.2) is 0 Å². The second-order valence-electron chi connectivity index (χ2n) is 4.78. The predicted molar refractivity (Wildman–Crippen MR) is 73.7 cm³/mol. The maximum atomic E-state index is 12.2. The SMILES string of the molecule is COc1cc(Cl)ccc1C(=O)N[C@H]1CCCC[C@@H]1O. The standard InChI is InChI=1S/C14H18ClNO3/c1-19-13-8-9(15)6-7-10(13)14(18)16-11-4-2-3-5-12(11)17/h6-8,11-12,17H,2-5H2,1H3,(H,16,18)/t11-,12-/m0/s1. The fourth-order valence-electron chi connectivity index (χ4n) is 2.38. The van der Waals surface area contributed by atoms with E-state index in [9.17, 15) is 9.90 Å². The van der Waals surface area contributed by atoms with Crippen molar-refractivity contribution in [3.05, 3.63) is 28.8 Å². The molecule has 1 saturated carbocycles. The van der Waals surface area contributed by atoms with E-state index in [0.717, 1.165) is 25.7 Å². The molecule has 5 heteroatoms. The molecular formula is C14H18ClNO3. The summed E-state index contributed by atoms with van der Waals surface area (Å²) in [4.78, 5) is 12.2. The predicted octanol–water partition coefficient (Wildman–Crippen LogP) is 2.38. The van der Waals surface area contributed by atoms with Gasteiger partial charge < -0.3 is 15.2 Å². The zero-order chi connectivity index (χ0) is 13.8. The van der Waals surface area contributed by atoms with Gasteiger partial charge in [-0.15, -0.1) is 0 Å². The van der Waals surface area contributed by atoms with Crippen molar-refractivity contribution < 1.29 is 14.6 Å². The molecule has 0 heterocycles. The van der Waals surface area contributed by atoms with Gasteiger partial charge in [0.15, 0.2) is 0 Å². The smallest absolute Gasteiger partial charge is 0.255 e. The Bertz CT molecular complexity index is 464. The largest absolute Gasteiger partial charge is 0.496 e. The number of carbonyl (C=O) groups excluding carboxylic acids is 1. The Morgan fingerprint density at radius 1 is 1.42 bits per heavy atom. The summed E-state index contributed by atoms with van der Waals surface area (Å²) < 4.78 is 5.16. The van der Waals surface area contributed by atoms with E-state index in [1.165, 1.54) is 7.11 Å². The number of aliphatic hydroxyl groups is 1. The molecule has 2 rings (SSSR count). The summed E-state index contributed by atoms with van der Waals surface area (Å²) in [5.74, 6) is 0.203. The van der Waals surface area contributed by atoms with Crippen LogP contribution in [-0.2, 0) is 0 Å². The van der Waals surface area contributed by atoms with Gasteiger partial charge in [0.2, 0.25) is 0 Å². The third-order valence-corrected chi connectivity index (χ3v) is 3.69. The average Bonchev–Trinajstić information content (AvgIpc) is 2.41. The van der Waals surface area contributed by atoms with Crippen LogP contribution in [0.2, 0.25) is 5.02 Å². The van der Waals surface area contributed by atoms with Gasteiger partial charge in [0.05, 0.1) is 24.8 Å². The van der Waals surface area contributed by atoms with Crippen LogP contribution in [-0.4, -0.2) is 30.3 Å². The van der Waals surface area contributed by atoms with Crippen LogP contribution in [0, 0.1) is 0 Å². The first kappa shape index (κ1) is 14.2. The lowest BCUT2D eigenvalue weighted by Crippen LogP contribution is -2.45. The maximum Gasteiger partial charge on any atom is 0.255 e. The molecule has 104 valence electrons. The molecule has 0 radical (unpaired) electrons. The Kier molecular flexibility index (Phi) is 4.66. The van der Waals surface area contributed by atoms with Crippen molar-refractivity contribution in [2.75, 3.05) is 7.11 Å². The summed E-state index contributed by atoms with van der Waals surface area (Å²) >= 11 is 5.86. The van der Waals surface area contributed by atoms with Crippen LogP contribution in [0.3, 0.4) is 0 Å². The highest BCUT2D eigenvalue weighted by molar-refractivity contribution is 6.30. The van der Waals surface area contributed by atoms with Crippen LogP contribution < -0.4 is 10.1 Å². The number of halogens is 1. The molecule has 1 fully saturated rings. The van der Waals surface area contributed by atoms with Crippen LogP contribution in [0.5, 0.6) is 5.75 Å². The maximum absolute atomic E-state index is 12.2. The molecule has 1 aliphatic carbocycles. The van der Waals surface area contributed by atoms with Gasteiger partial charge in [-0.3, -0.25) is 4.79 Å². The molecule has 1 aliphatic rings. The van der Waals surface area contributed by atoms with E-state index in [2.05, 4.69) is 5.32 Å². The summed E-state index contributed by atoms with van der Waals surface area (Å²) in [7, 11) is 1.50. The first-order valence-electron chi connectivity index (χ1n) is 6.44. The van der Waals surface area contributed by atoms with Gasteiger partial charge in [0.25, 0.3) is 5.91 Å². The normalized spacial score (nSPS) is 22.9. The van der Waals surface area contributed by atoms with Crippen molar-refractivity contribution in [2.24, 2.45) is 0 Å². The van der Waals surface area contributed by atoms with Crippen molar-refractivity contribution >= 4 is 17.5 Å². The number of rotatable bonds is 3. The van der Waals surface area contributed by atoms with Crippen molar-refractivity contribution in [3.63, 3.8) is 0 Å². The Hall–Kier alpha value is -1.26. The Morgan fingerprint density at radius 2 is 2.16 bits per heavy atom.